The van der Waals surface area contributed by atoms with E-state index in [0.29, 0.717) is 26.4 Å². The van der Waals surface area contributed by atoms with Gasteiger partial charge in [0.15, 0.2) is 10.7 Å². The van der Waals surface area contributed by atoms with Crippen LogP contribution in [-0.2, 0) is 9.53 Å². The third-order valence-electron chi connectivity index (χ3n) is 7.00. The summed E-state index contributed by atoms with van der Waals surface area (Å²) in [4.78, 5) is 35.6. The van der Waals surface area contributed by atoms with Crippen LogP contribution in [-0.4, -0.2) is 36.0 Å². The second kappa shape index (κ2) is 11.0. The normalized spacial score (nSPS) is 18.6. The maximum atomic E-state index is 13.8. The molecule has 200 valence electrons. The maximum absolute atomic E-state index is 13.8. The number of thioether (sulfide) groups is 1. The standard InChI is InChI=1S/C29H33N3O4S2/c1-17(2)35-28(34)25-19(4)30-29-32(26(25)20-6-9-22(37-5)10-7-20)27(33)23(38-29)16-21-8-11-24(36-21)31-14-12-18(3)13-15-31/h6-11,16-18,26H,12-15H2,1-5H3/b23-16-/t26-/m1/s1. The summed E-state index contributed by atoms with van der Waals surface area (Å²) in [5, 5.41) is 0. The molecule has 0 radical (unpaired) electrons. The number of benzene rings is 1. The van der Waals surface area contributed by atoms with Gasteiger partial charge in [0.25, 0.3) is 5.56 Å². The molecule has 0 aliphatic carbocycles. The first kappa shape index (κ1) is 26.6. The van der Waals surface area contributed by atoms with Crippen LogP contribution in [0.15, 0.2) is 66.8 Å². The summed E-state index contributed by atoms with van der Waals surface area (Å²) < 4.78 is 13.8. The van der Waals surface area contributed by atoms with Gasteiger partial charge in [-0.1, -0.05) is 30.4 Å². The van der Waals surface area contributed by atoms with Crippen LogP contribution in [0.25, 0.3) is 6.08 Å². The number of fused-ring (bicyclic) bond motifs is 1. The topological polar surface area (TPSA) is 77.0 Å². The second-order valence-electron chi connectivity index (χ2n) is 10.2. The number of nitrogens with zero attached hydrogens (tertiary/aromatic N) is 3. The molecule has 1 aromatic carbocycles. The number of hydrogen-bond donors (Lipinski definition) is 0. The number of aromatic nitrogens is 1. The largest absolute Gasteiger partial charge is 0.459 e. The fourth-order valence-electron chi connectivity index (χ4n) is 4.91. The highest BCUT2D eigenvalue weighted by Gasteiger charge is 2.33. The Hall–Kier alpha value is -3.04. The van der Waals surface area contributed by atoms with Crippen LogP contribution >= 0.6 is 23.1 Å². The van der Waals surface area contributed by atoms with Gasteiger partial charge >= 0.3 is 5.97 Å². The van der Waals surface area contributed by atoms with E-state index in [0.717, 1.165) is 48.2 Å². The first-order valence-electron chi connectivity index (χ1n) is 13.0. The van der Waals surface area contributed by atoms with Gasteiger partial charge in [-0.3, -0.25) is 9.36 Å². The molecule has 1 fully saturated rings. The van der Waals surface area contributed by atoms with Crippen molar-refractivity contribution in [2.45, 2.75) is 57.6 Å². The van der Waals surface area contributed by atoms with Gasteiger partial charge in [0.2, 0.25) is 0 Å². The predicted octanol–water partition coefficient (Wildman–Crippen LogP) is 4.74. The van der Waals surface area contributed by atoms with Crippen molar-refractivity contribution < 1.29 is 13.9 Å². The van der Waals surface area contributed by atoms with Crippen molar-refractivity contribution in [3.63, 3.8) is 0 Å². The van der Waals surface area contributed by atoms with Crippen molar-refractivity contribution in [1.82, 2.24) is 4.57 Å². The summed E-state index contributed by atoms with van der Waals surface area (Å²) in [6.45, 7) is 9.65. The molecule has 4 heterocycles. The zero-order valence-corrected chi connectivity index (χ0v) is 24.0. The van der Waals surface area contributed by atoms with E-state index in [1.807, 2.05) is 56.5 Å². The molecule has 0 N–H and O–H groups in total. The molecule has 3 aromatic rings. The second-order valence-corrected chi connectivity index (χ2v) is 12.0. The van der Waals surface area contributed by atoms with Crippen molar-refractivity contribution in [2.75, 3.05) is 24.2 Å². The number of allylic oxidation sites excluding steroid dienone is 1. The summed E-state index contributed by atoms with van der Waals surface area (Å²) in [6.07, 6.45) is 5.79. The summed E-state index contributed by atoms with van der Waals surface area (Å²) in [6, 6.07) is 11.2. The lowest BCUT2D eigenvalue weighted by molar-refractivity contribution is -0.143. The van der Waals surface area contributed by atoms with Crippen molar-refractivity contribution in [3.05, 3.63) is 78.7 Å². The Labute approximate surface area is 230 Å². The molecular weight excluding hydrogens is 518 g/mol. The fraction of sp³-hybridized carbons (Fsp3) is 0.414. The van der Waals surface area contributed by atoms with Gasteiger partial charge in [0.05, 0.1) is 27.9 Å². The summed E-state index contributed by atoms with van der Waals surface area (Å²) >= 11 is 2.94. The first-order chi connectivity index (χ1) is 18.2. The molecule has 7 nitrogen and oxygen atoms in total. The number of rotatable bonds is 6. The van der Waals surface area contributed by atoms with Gasteiger partial charge < -0.3 is 14.1 Å². The maximum Gasteiger partial charge on any atom is 0.338 e. The molecule has 2 aromatic heterocycles. The number of carbonyl (C=O) groups is 1. The third-order valence-corrected chi connectivity index (χ3v) is 8.72. The Balaban J connectivity index is 1.57. The van der Waals surface area contributed by atoms with Gasteiger partial charge in [-0.2, -0.15) is 0 Å². The Bertz CT molecular complexity index is 1540. The highest BCUT2D eigenvalue weighted by molar-refractivity contribution is 7.98. The Morgan fingerprint density at radius 1 is 1.18 bits per heavy atom. The van der Waals surface area contributed by atoms with E-state index in [-0.39, 0.29) is 11.7 Å². The SMILES string of the molecule is CSc1ccc([C@@H]2C(C(=O)OC(C)C)=C(C)N=c3s/c(=C\c4ccc(N5CCC(C)CC5)o4)c(=O)n32)cc1. The summed E-state index contributed by atoms with van der Waals surface area (Å²) in [5.41, 5.74) is 1.57. The van der Waals surface area contributed by atoms with Crippen LogP contribution in [0.5, 0.6) is 0 Å². The zero-order valence-electron chi connectivity index (χ0n) is 22.4. The van der Waals surface area contributed by atoms with E-state index in [4.69, 9.17) is 9.15 Å². The minimum absolute atomic E-state index is 0.209. The average Bonchev–Trinajstić information content (AvgIpc) is 3.47. The molecule has 2 aliphatic heterocycles. The van der Waals surface area contributed by atoms with Gasteiger partial charge in [-0.05, 0) is 69.5 Å². The zero-order chi connectivity index (χ0) is 27.0. The highest BCUT2D eigenvalue weighted by Crippen LogP contribution is 2.32. The molecule has 0 bridgehead atoms. The molecule has 0 amide bonds. The predicted molar refractivity (Wildman–Crippen MR) is 153 cm³/mol. The number of furan rings is 1. The van der Waals surface area contributed by atoms with E-state index < -0.39 is 12.0 Å². The van der Waals surface area contributed by atoms with Gasteiger partial charge in [0.1, 0.15) is 5.76 Å². The number of ether oxygens (including phenoxy) is 1. The molecule has 5 rings (SSSR count). The third kappa shape index (κ3) is 5.27. The van der Waals surface area contributed by atoms with Crippen LogP contribution in [0.2, 0.25) is 0 Å². The minimum atomic E-state index is -0.627. The molecule has 2 aliphatic rings. The number of thiazole rings is 1. The number of piperidine rings is 1. The van der Waals surface area contributed by atoms with E-state index in [1.165, 1.54) is 11.3 Å². The molecule has 0 unspecified atom stereocenters. The monoisotopic (exact) mass is 551 g/mol. The average molecular weight is 552 g/mol. The van der Waals surface area contributed by atoms with E-state index in [2.05, 4.69) is 16.8 Å². The number of esters is 1. The van der Waals surface area contributed by atoms with Crippen molar-refractivity contribution >= 4 is 41.0 Å². The molecule has 1 saturated heterocycles. The molecular formula is C29H33N3O4S2. The number of anilines is 1. The Kier molecular flexibility index (Phi) is 7.68. The molecule has 0 spiro atoms. The Morgan fingerprint density at radius 3 is 2.55 bits per heavy atom. The first-order valence-corrected chi connectivity index (χ1v) is 15.0. The highest BCUT2D eigenvalue weighted by atomic mass is 32.2. The lowest BCUT2D eigenvalue weighted by atomic mass is 9.96. The van der Waals surface area contributed by atoms with Gasteiger partial charge in [-0.25, -0.2) is 9.79 Å². The summed E-state index contributed by atoms with van der Waals surface area (Å²) in [7, 11) is 0. The molecule has 1 atom stereocenters. The van der Waals surface area contributed by atoms with Gasteiger partial charge in [0, 0.05) is 30.1 Å². The minimum Gasteiger partial charge on any atom is -0.459 e. The fourth-order valence-corrected chi connectivity index (χ4v) is 6.34. The van der Waals surface area contributed by atoms with Crippen LogP contribution in [0.3, 0.4) is 0 Å². The lowest BCUT2D eigenvalue weighted by Crippen LogP contribution is -2.40. The molecule has 38 heavy (non-hydrogen) atoms. The van der Waals surface area contributed by atoms with Crippen LogP contribution < -0.4 is 19.8 Å². The number of carbonyl (C=O) groups excluding carboxylic acids is 1. The van der Waals surface area contributed by atoms with Crippen molar-refractivity contribution in [1.29, 1.82) is 0 Å². The van der Waals surface area contributed by atoms with E-state index in [1.54, 1.807) is 29.3 Å². The van der Waals surface area contributed by atoms with E-state index >= 15 is 0 Å². The van der Waals surface area contributed by atoms with Crippen molar-refractivity contribution in [3.8, 4) is 0 Å². The van der Waals surface area contributed by atoms with Crippen molar-refractivity contribution in [2.24, 2.45) is 10.9 Å². The lowest BCUT2D eigenvalue weighted by Gasteiger charge is -2.29. The van der Waals surface area contributed by atoms with Gasteiger partial charge in [-0.15, -0.1) is 11.8 Å². The Morgan fingerprint density at radius 2 is 1.89 bits per heavy atom. The van der Waals surface area contributed by atoms with Crippen LogP contribution in [0.4, 0.5) is 5.88 Å². The van der Waals surface area contributed by atoms with E-state index in [9.17, 15) is 9.59 Å². The van der Waals surface area contributed by atoms with Crippen LogP contribution in [0, 0.1) is 5.92 Å². The quantitative estimate of drug-likeness (QED) is 0.325. The molecule has 0 saturated carbocycles. The number of hydrogen-bond acceptors (Lipinski definition) is 8. The smallest absolute Gasteiger partial charge is 0.338 e. The summed E-state index contributed by atoms with van der Waals surface area (Å²) in [5.74, 6) is 1.73. The molecule has 9 heteroatoms. The van der Waals surface area contributed by atoms with Crippen LogP contribution in [0.1, 0.15) is 57.9 Å².